The molecule has 0 aliphatic rings. The topological polar surface area (TPSA) is 29.5 Å². The van der Waals surface area contributed by atoms with E-state index in [2.05, 4.69) is 0 Å². The van der Waals surface area contributed by atoms with Gasteiger partial charge in [-0.1, -0.05) is 66.7 Å². The largest absolute Gasteiger partial charge is 0.496 e. The summed E-state index contributed by atoms with van der Waals surface area (Å²) in [6.45, 7) is 0. The lowest BCUT2D eigenvalue weighted by Crippen LogP contribution is -2.55. The van der Waals surface area contributed by atoms with Gasteiger partial charge < -0.3 is 9.84 Å². The van der Waals surface area contributed by atoms with Crippen LogP contribution in [0.3, 0.4) is 0 Å². The monoisotopic (exact) mass is 408 g/mol. The first kappa shape index (κ1) is 20.8. The summed E-state index contributed by atoms with van der Waals surface area (Å²) in [6, 6.07) is 18.5. The maximum absolute atomic E-state index is 14.8. The maximum atomic E-state index is 14.8. The van der Waals surface area contributed by atoms with Crippen molar-refractivity contribution in [1.29, 1.82) is 0 Å². The first-order chi connectivity index (χ1) is 13.6. The Kier molecular flexibility index (Phi) is 5.36. The van der Waals surface area contributed by atoms with E-state index in [4.69, 9.17) is 4.74 Å². The van der Waals surface area contributed by atoms with Crippen LogP contribution in [0.5, 0.6) is 5.75 Å². The Morgan fingerprint density at radius 2 is 1.31 bits per heavy atom. The number of hydrogen-bond donors (Lipinski definition) is 1. The molecule has 0 saturated carbocycles. The van der Waals surface area contributed by atoms with Crippen molar-refractivity contribution in [3.05, 3.63) is 90.0 Å². The average Bonchev–Trinajstić information content (AvgIpc) is 2.73. The minimum absolute atomic E-state index is 0.288. The zero-order valence-corrected chi connectivity index (χ0v) is 15.3. The Balaban J connectivity index is 2.31. The van der Waals surface area contributed by atoms with Gasteiger partial charge in [0, 0.05) is 5.56 Å². The highest BCUT2D eigenvalue weighted by Crippen LogP contribution is 2.53. The fourth-order valence-corrected chi connectivity index (χ4v) is 3.21. The van der Waals surface area contributed by atoms with Crippen molar-refractivity contribution in [3.63, 3.8) is 0 Å². The van der Waals surface area contributed by atoms with Gasteiger partial charge in [0.2, 0.25) is 0 Å². The summed E-state index contributed by atoms with van der Waals surface area (Å²) < 4.78 is 74.7. The van der Waals surface area contributed by atoms with E-state index < -0.39 is 28.8 Å². The molecule has 3 aromatic carbocycles. The lowest BCUT2D eigenvalue weighted by molar-refractivity contribution is -0.336. The van der Waals surface area contributed by atoms with Crippen LogP contribution in [-0.2, 0) is 5.60 Å². The molecule has 0 amide bonds. The maximum Gasteiger partial charge on any atom is 0.457 e. The Labute approximate surface area is 164 Å². The molecule has 1 unspecified atom stereocenters. The van der Waals surface area contributed by atoms with E-state index in [1.54, 1.807) is 36.4 Å². The molecule has 0 radical (unpaired) electrons. The predicted octanol–water partition coefficient (Wildman–Crippen LogP) is 5.80. The van der Waals surface area contributed by atoms with E-state index >= 15 is 0 Å². The van der Waals surface area contributed by atoms with Gasteiger partial charge in [0.1, 0.15) is 5.75 Å². The molecule has 0 spiro atoms. The van der Waals surface area contributed by atoms with Crippen LogP contribution in [-0.4, -0.2) is 24.3 Å². The number of alkyl halides is 5. The molecule has 0 saturated heterocycles. The third-order valence-electron chi connectivity index (χ3n) is 4.69. The lowest BCUT2D eigenvalue weighted by Gasteiger charge is -2.38. The van der Waals surface area contributed by atoms with Crippen LogP contribution in [0.15, 0.2) is 78.9 Å². The summed E-state index contributed by atoms with van der Waals surface area (Å²) in [5, 5.41) is 11.1. The second-order valence-corrected chi connectivity index (χ2v) is 6.43. The molecule has 7 heteroatoms. The molecule has 1 N–H and O–H groups in total. The molecular weight excluding hydrogens is 391 g/mol. The van der Waals surface area contributed by atoms with E-state index in [1.807, 2.05) is 0 Å². The Morgan fingerprint density at radius 3 is 1.93 bits per heavy atom. The molecule has 0 aromatic heterocycles. The molecule has 0 aliphatic carbocycles. The number of ether oxygens (including phenoxy) is 1. The van der Waals surface area contributed by atoms with Crippen molar-refractivity contribution in [1.82, 2.24) is 0 Å². The molecular formula is C22H17F5O2. The first-order valence-corrected chi connectivity index (χ1v) is 8.59. The summed E-state index contributed by atoms with van der Waals surface area (Å²) in [7, 11) is 1.13. The molecule has 152 valence electrons. The fourth-order valence-electron chi connectivity index (χ4n) is 3.21. The number of rotatable bonds is 5. The van der Waals surface area contributed by atoms with Gasteiger partial charge in [0.05, 0.1) is 7.11 Å². The highest BCUT2D eigenvalue weighted by molar-refractivity contribution is 5.65. The Morgan fingerprint density at radius 1 is 0.724 bits per heavy atom. The zero-order chi connectivity index (χ0) is 21.3. The lowest BCUT2D eigenvalue weighted by atomic mass is 9.79. The third-order valence-corrected chi connectivity index (χ3v) is 4.69. The second kappa shape index (κ2) is 7.48. The van der Waals surface area contributed by atoms with Gasteiger partial charge in [-0.15, -0.1) is 0 Å². The predicted molar refractivity (Wildman–Crippen MR) is 98.9 cm³/mol. The zero-order valence-electron chi connectivity index (χ0n) is 15.3. The quantitative estimate of drug-likeness (QED) is 0.541. The van der Waals surface area contributed by atoms with E-state index in [0.29, 0.717) is 11.1 Å². The number of hydrogen-bond acceptors (Lipinski definition) is 2. The molecule has 29 heavy (non-hydrogen) atoms. The van der Waals surface area contributed by atoms with Crippen molar-refractivity contribution in [2.24, 2.45) is 0 Å². The molecule has 3 rings (SSSR count). The van der Waals surface area contributed by atoms with E-state index in [0.717, 1.165) is 25.3 Å². The minimum Gasteiger partial charge on any atom is -0.496 e. The van der Waals surface area contributed by atoms with Crippen molar-refractivity contribution in [2.45, 2.75) is 17.7 Å². The molecule has 2 nitrogen and oxygen atoms in total. The van der Waals surface area contributed by atoms with Crippen LogP contribution >= 0.6 is 0 Å². The van der Waals surface area contributed by atoms with E-state index in [1.165, 1.54) is 24.3 Å². The van der Waals surface area contributed by atoms with Gasteiger partial charge in [0.25, 0.3) is 0 Å². The Hall–Kier alpha value is -2.93. The molecule has 3 aromatic rings. The van der Waals surface area contributed by atoms with Gasteiger partial charge in [-0.2, -0.15) is 22.0 Å². The SMILES string of the molecule is COc1ccccc1C(O)(c1cccc(-c2ccccc2)c1)C(F)(F)C(F)(F)F. The molecule has 1 atom stereocenters. The van der Waals surface area contributed by atoms with Crippen LogP contribution in [0.1, 0.15) is 11.1 Å². The third kappa shape index (κ3) is 3.46. The van der Waals surface area contributed by atoms with Gasteiger partial charge in [-0.3, -0.25) is 0 Å². The normalized spacial score (nSPS) is 14.3. The highest BCUT2D eigenvalue weighted by Gasteiger charge is 2.71. The van der Waals surface area contributed by atoms with E-state index in [-0.39, 0.29) is 5.75 Å². The van der Waals surface area contributed by atoms with Crippen LogP contribution in [0, 0.1) is 0 Å². The number of halogens is 5. The van der Waals surface area contributed by atoms with Gasteiger partial charge in [-0.05, 0) is 28.8 Å². The molecule has 0 heterocycles. The van der Waals surface area contributed by atoms with Crippen molar-refractivity contribution < 1.29 is 31.8 Å². The number of benzene rings is 3. The van der Waals surface area contributed by atoms with Crippen molar-refractivity contribution in [3.8, 4) is 16.9 Å². The standard InChI is InChI=1S/C22H17F5O2/c1-29-19-13-6-5-12-18(19)20(28,21(23,24)22(25,26)27)17-11-7-10-16(14-17)15-8-3-2-4-9-15/h2-14,28H,1H3. The van der Waals surface area contributed by atoms with Crippen LogP contribution < -0.4 is 4.74 Å². The number of methoxy groups -OCH3 is 1. The number of para-hydroxylation sites is 1. The summed E-state index contributed by atoms with van der Waals surface area (Å²) in [5.74, 6) is -5.78. The second-order valence-electron chi connectivity index (χ2n) is 6.43. The summed E-state index contributed by atoms with van der Waals surface area (Å²) >= 11 is 0. The highest BCUT2D eigenvalue weighted by atomic mass is 19.4. The van der Waals surface area contributed by atoms with Crippen molar-refractivity contribution in [2.75, 3.05) is 7.11 Å². The van der Waals surface area contributed by atoms with E-state index in [9.17, 15) is 27.1 Å². The van der Waals surface area contributed by atoms with Crippen LogP contribution in [0.4, 0.5) is 22.0 Å². The van der Waals surface area contributed by atoms with Gasteiger partial charge in [-0.25, -0.2) is 0 Å². The van der Waals surface area contributed by atoms with Crippen LogP contribution in [0.2, 0.25) is 0 Å². The Bertz CT molecular complexity index is 986. The van der Waals surface area contributed by atoms with Gasteiger partial charge >= 0.3 is 12.1 Å². The first-order valence-electron chi connectivity index (χ1n) is 8.59. The molecule has 0 aliphatic heterocycles. The minimum atomic E-state index is -6.01. The fraction of sp³-hybridized carbons (Fsp3) is 0.182. The summed E-state index contributed by atoms with van der Waals surface area (Å²) in [4.78, 5) is 0. The van der Waals surface area contributed by atoms with Gasteiger partial charge in [0.15, 0.2) is 5.60 Å². The van der Waals surface area contributed by atoms with Crippen molar-refractivity contribution >= 4 is 0 Å². The average molecular weight is 408 g/mol. The molecule has 0 bridgehead atoms. The summed E-state index contributed by atoms with van der Waals surface area (Å²) in [5.41, 5.74) is -4.01. The molecule has 0 fully saturated rings. The van der Waals surface area contributed by atoms with Crippen LogP contribution in [0.25, 0.3) is 11.1 Å². The summed E-state index contributed by atoms with van der Waals surface area (Å²) in [6.07, 6.45) is -6.01. The smallest absolute Gasteiger partial charge is 0.457 e. The number of aliphatic hydroxyl groups is 1.